The second-order valence-electron chi connectivity index (χ2n) is 4.08. The normalized spacial score (nSPS) is 18.1. The minimum atomic E-state index is 0.264. The average Bonchev–Trinajstić information content (AvgIpc) is 3.19. The summed E-state index contributed by atoms with van der Waals surface area (Å²) in [6, 6.07) is 12.0. The molecule has 1 atom stereocenters. The molecule has 1 heterocycles. The van der Waals surface area contributed by atoms with Crippen molar-refractivity contribution in [2.75, 3.05) is 20.3 Å². The molecule has 1 unspecified atom stereocenters. The molecule has 1 saturated heterocycles. The number of methoxy groups -OCH3 is 1. The van der Waals surface area contributed by atoms with Crippen molar-refractivity contribution in [3.05, 3.63) is 36.4 Å². The van der Waals surface area contributed by atoms with Gasteiger partial charge in [-0.3, -0.25) is 0 Å². The zero-order valence-corrected chi connectivity index (χ0v) is 9.68. The van der Waals surface area contributed by atoms with Crippen LogP contribution in [0.15, 0.2) is 36.4 Å². The summed E-state index contributed by atoms with van der Waals surface area (Å²) in [4.78, 5) is 0. The van der Waals surface area contributed by atoms with Crippen LogP contribution in [0.4, 0.5) is 0 Å². The van der Waals surface area contributed by atoms with E-state index < -0.39 is 0 Å². The van der Waals surface area contributed by atoms with E-state index in [2.05, 4.69) is 12.1 Å². The first-order valence-corrected chi connectivity index (χ1v) is 5.68. The van der Waals surface area contributed by atoms with Gasteiger partial charge in [0.05, 0.1) is 19.1 Å². The highest BCUT2D eigenvalue weighted by Crippen LogP contribution is 2.34. The van der Waals surface area contributed by atoms with Crippen LogP contribution in [0.1, 0.15) is 0 Å². The van der Waals surface area contributed by atoms with Gasteiger partial charge in [0, 0.05) is 0 Å². The Balaban J connectivity index is 2.02. The highest BCUT2D eigenvalue weighted by Gasteiger charge is 2.23. The van der Waals surface area contributed by atoms with Crippen LogP contribution in [0.5, 0.6) is 11.5 Å². The number of hydrogen-bond acceptors (Lipinski definition) is 3. The largest absolute Gasteiger partial charge is 0.496 e. The van der Waals surface area contributed by atoms with E-state index in [-0.39, 0.29) is 6.10 Å². The molecule has 0 radical (unpaired) electrons. The number of rotatable bonds is 4. The second-order valence-corrected chi connectivity index (χ2v) is 4.08. The van der Waals surface area contributed by atoms with E-state index >= 15 is 0 Å². The van der Waals surface area contributed by atoms with Gasteiger partial charge < -0.3 is 14.2 Å². The van der Waals surface area contributed by atoms with Gasteiger partial charge in [0.15, 0.2) is 0 Å². The molecule has 0 amide bonds. The van der Waals surface area contributed by atoms with Crippen molar-refractivity contribution in [2.45, 2.75) is 6.10 Å². The summed E-state index contributed by atoms with van der Waals surface area (Å²) in [5.74, 6) is 1.70. The smallest absolute Gasteiger partial charge is 0.130 e. The zero-order valence-electron chi connectivity index (χ0n) is 9.68. The third-order valence-corrected chi connectivity index (χ3v) is 2.88. The summed E-state index contributed by atoms with van der Waals surface area (Å²) in [7, 11) is 1.68. The molecule has 0 bridgehead atoms. The van der Waals surface area contributed by atoms with Gasteiger partial charge in [0.25, 0.3) is 0 Å². The van der Waals surface area contributed by atoms with E-state index in [1.165, 1.54) is 0 Å². The van der Waals surface area contributed by atoms with E-state index in [0.717, 1.165) is 28.9 Å². The minimum absolute atomic E-state index is 0.264. The molecule has 88 valence electrons. The zero-order chi connectivity index (χ0) is 11.7. The van der Waals surface area contributed by atoms with Crippen molar-refractivity contribution in [1.29, 1.82) is 0 Å². The van der Waals surface area contributed by atoms with Crippen LogP contribution in [0.25, 0.3) is 10.8 Å². The van der Waals surface area contributed by atoms with Gasteiger partial charge in [0.1, 0.15) is 24.2 Å². The maximum absolute atomic E-state index is 5.78. The molecular weight excluding hydrogens is 216 g/mol. The SMILES string of the molecule is COc1cccc2cccc(OCC3CO3)c12. The molecule has 2 aromatic rings. The highest BCUT2D eigenvalue weighted by atomic mass is 16.6. The van der Waals surface area contributed by atoms with Crippen LogP contribution in [0.2, 0.25) is 0 Å². The molecule has 0 aromatic heterocycles. The lowest BCUT2D eigenvalue weighted by Gasteiger charge is -2.11. The standard InChI is InChI=1S/C14H14O3/c1-15-12-6-2-4-10-5-3-7-13(14(10)12)17-9-11-8-16-11/h2-7,11H,8-9H2,1H3. The monoisotopic (exact) mass is 230 g/mol. The van der Waals surface area contributed by atoms with Gasteiger partial charge >= 0.3 is 0 Å². The number of epoxide rings is 1. The molecule has 0 spiro atoms. The fourth-order valence-corrected chi connectivity index (χ4v) is 1.91. The lowest BCUT2D eigenvalue weighted by molar-refractivity contribution is 0.265. The first-order valence-electron chi connectivity index (χ1n) is 5.68. The van der Waals surface area contributed by atoms with Crippen LogP contribution in [0, 0.1) is 0 Å². The Morgan fingerprint density at radius 3 is 2.53 bits per heavy atom. The summed E-state index contributed by atoms with van der Waals surface area (Å²) >= 11 is 0. The van der Waals surface area contributed by atoms with Crippen molar-refractivity contribution in [2.24, 2.45) is 0 Å². The molecular formula is C14H14O3. The van der Waals surface area contributed by atoms with Gasteiger partial charge in [-0.05, 0) is 17.5 Å². The average molecular weight is 230 g/mol. The number of fused-ring (bicyclic) bond motifs is 1. The fourth-order valence-electron chi connectivity index (χ4n) is 1.91. The van der Waals surface area contributed by atoms with E-state index in [4.69, 9.17) is 14.2 Å². The summed E-state index contributed by atoms with van der Waals surface area (Å²) < 4.78 is 16.3. The first kappa shape index (κ1) is 10.4. The molecule has 2 aromatic carbocycles. The molecule has 0 aliphatic carbocycles. The van der Waals surface area contributed by atoms with Crippen LogP contribution in [-0.2, 0) is 4.74 Å². The van der Waals surface area contributed by atoms with Gasteiger partial charge in [-0.2, -0.15) is 0 Å². The maximum Gasteiger partial charge on any atom is 0.130 e. The van der Waals surface area contributed by atoms with Crippen molar-refractivity contribution < 1.29 is 14.2 Å². The Bertz CT molecular complexity index is 527. The molecule has 1 fully saturated rings. The Morgan fingerprint density at radius 1 is 1.18 bits per heavy atom. The summed E-state index contributed by atoms with van der Waals surface area (Å²) in [5, 5.41) is 2.15. The summed E-state index contributed by atoms with van der Waals surface area (Å²) in [6.07, 6.45) is 0.264. The molecule has 3 nitrogen and oxygen atoms in total. The van der Waals surface area contributed by atoms with E-state index in [1.807, 2.05) is 24.3 Å². The highest BCUT2D eigenvalue weighted by molar-refractivity contribution is 5.93. The Kier molecular flexibility index (Phi) is 2.61. The molecule has 0 N–H and O–H groups in total. The van der Waals surface area contributed by atoms with Crippen LogP contribution >= 0.6 is 0 Å². The lowest BCUT2D eigenvalue weighted by atomic mass is 10.1. The van der Waals surface area contributed by atoms with E-state index in [1.54, 1.807) is 7.11 Å². The third kappa shape index (κ3) is 2.06. The number of ether oxygens (including phenoxy) is 3. The predicted octanol–water partition coefficient (Wildman–Crippen LogP) is 2.63. The van der Waals surface area contributed by atoms with E-state index in [0.29, 0.717) is 6.61 Å². The van der Waals surface area contributed by atoms with Gasteiger partial charge in [-0.15, -0.1) is 0 Å². The first-order chi connectivity index (χ1) is 8.38. The van der Waals surface area contributed by atoms with Crippen molar-refractivity contribution in [1.82, 2.24) is 0 Å². The Morgan fingerprint density at radius 2 is 1.88 bits per heavy atom. The van der Waals surface area contributed by atoms with Crippen molar-refractivity contribution in [3.8, 4) is 11.5 Å². The summed E-state index contributed by atoms with van der Waals surface area (Å²) in [6.45, 7) is 1.42. The number of benzene rings is 2. The van der Waals surface area contributed by atoms with Gasteiger partial charge in [-0.1, -0.05) is 24.3 Å². The quantitative estimate of drug-likeness (QED) is 0.756. The second kappa shape index (κ2) is 4.26. The Labute approximate surface area is 99.9 Å². The van der Waals surface area contributed by atoms with Crippen LogP contribution in [-0.4, -0.2) is 26.4 Å². The summed E-state index contributed by atoms with van der Waals surface area (Å²) in [5.41, 5.74) is 0. The molecule has 3 rings (SSSR count). The third-order valence-electron chi connectivity index (χ3n) is 2.88. The maximum atomic E-state index is 5.78. The molecule has 3 heteroatoms. The van der Waals surface area contributed by atoms with Crippen molar-refractivity contribution >= 4 is 10.8 Å². The number of hydrogen-bond donors (Lipinski definition) is 0. The van der Waals surface area contributed by atoms with Crippen LogP contribution in [0.3, 0.4) is 0 Å². The molecule has 1 aliphatic heterocycles. The van der Waals surface area contributed by atoms with Gasteiger partial charge in [-0.25, -0.2) is 0 Å². The lowest BCUT2D eigenvalue weighted by Crippen LogP contribution is -2.04. The van der Waals surface area contributed by atoms with E-state index in [9.17, 15) is 0 Å². The topological polar surface area (TPSA) is 31.0 Å². The van der Waals surface area contributed by atoms with Crippen molar-refractivity contribution in [3.63, 3.8) is 0 Å². The predicted molar refractivity (Wildman–Crippen MR) is 65.7 cm³/mol. The molecule has 17 heavy (non-hydrogen) atoms. The Hall–Kier alpha value is -1.74. The molecule has 1 aliphatic rings. The molecule has 0 saturated carbocycles. The minimum Gasteiger partial charge on any atom is -0.496 e. The fraction of sp³-hybridized carbons (Fsp3) is 0.286. The van der Waals surface area contributed by atoms with Crippen LogP contribution < -0.4 is 9.47 Å². The van der Waals surface area contributed by atoms with Gasteiger partial charge in [0.2, 0.25) is 0 Å².